The quantitative estimate of drug-likeness (QED) is 0.0215. The van der Waals surface area contributed by atoms with E-state index in [1.807, 2.05) is 0 Å². The first-order chi connectivity index (χ1) is 38.2. The van der Waals surface area contributed by atoms with E-state index in [0.29, 0.717) is 19.3 Å². The van der Waals surface area contributed by atoms with Gasteiger partial charge in [0.05, 0.1) is 25.4 Å². The molecule has 9 unspecified atom stereocenters. The van der Waals surface area contributed by atoms with E-state index in [0.717, 1.165) is 64.2 Å². The Balaban J connectivity index is 2.27. The van der Waals surface area contributed by atoms with Crippen LogP contribution < -0.4 is 5.32 Å². The van der Waals surface area contributed by atoms with Crippen LogP contribution in [0.2, 0.25) is 0 Å². The Morgan fingerprint density at radius 3 is 1.14 bits per heavy atom. The van der Waals surface area contributed by atoms with Crippen molar-refractivity contribution >= 4 is 5.91 Å². The van der Waals surface area contributed by atoms with Crippen LogP contribution in [-0.4, -0.2) is 110 Å². The van der Waals surface area contributed by atoms with Gasteiger partial charge in [-0.1, -0.05) is 262 Å². The highest BCUT2D eigenvalue weighted by molar-refractivity contribution is 5.80. The zero-order valence-corrected chi connectivity index (χ0v) is 50.4. The van der Waals surface area contributed by atoms with Gasteiger partial charge in [-0.25, -0.2) is 0 Å². The molecule has 1 aliphatic heterocycles. The number of rotatable bonds is 57. The molecule has 0 bridgehead atoms. The second kappa shape index (κ2) is 55.6. The van der Waals surface area contributed by atoms with Crippen LogP contribution in [0.4, 0.5) is 0 Å². The predicted octanol–water partition coefficient (Wildman–Crippen LogP) is 15.2. The normalized spacial score (nSPS) is 19.7. The number of hydrogen-bond acceptors (Lipinski definition) is 10. The van der Waals surface area contributed by atoms with E-state index < -0.39 is 74.2 Å². The molecule has 9 atom stereocenters. The minimum Gasteiger partial charge on any atom is -0.394 e. The summed E-state index contributed by atoms with van der Waals surface area (Å²) in [4.78, 5) is 13.2. The lowest BCUT2D eigenvalue weighted by atomic mass is 9.98. The fourth-order valence-corrected chi connectivity index (χ4v) is 10.5. The second-order valence-electron chi connectivity index (χ2n) is 23.2. The van der Waals surface area contributed by atoms with Crippen molar-refractivity contribution in [1.29, 1.82) is 0 Å². The van der Waals surface area contributed by atoms with Crippen molar-refractivity contribution in [3.05, 3.63) is 48.6 Å². The monoisotopic (exact) mass is 1100 g/mol. The highest BCUT2D eigenvalue weighted by Gasteiger charge is 2.44. The van der Waals surface area contributed by atoms with E-state index in [1.54, 1.807) is 0 Å². The molecule has 1 amide bonds. The Bertz CT molecular complexity index is 1410. The van der Waals surface area contributed by atoms with Gasteiger partial charge in [-0.15, -0.1) is 0 Å². The van der Waals surface area contributed by atoms with Crippen molar-refractivity contribution in [2.75, 3.05) is 13.2 Å². The molecule has 1 rings (SSSR count). The maximum Gasteiger partial charge on any atom is 0.249 e. The molecule has 11 heteroatoms. The highest BCUT2D eigenvalue weighted by Crippen LogP contribution is 2.23. The maximum absolute atomic E-state index is 13.2. The third kappa shape index (κ3) is 42.8. The molecule has 1 saturated heterocycles. The molecule has 0 aliphatic carbocycles. The number of aliphatic hydroxyl groups is 7. The second-order valence-corrected chi connectivity index (χ2v) is 23.2. The van der Waals surface area contributed by atoms with Crippen molar-refractivity contribution in [3.63, 3.8) is 0 Å². The molecule has 1 heterocycles. The Labute approximate surface area is 479 Å². The SMILES string of the molecule is CCCCCCCCCCC/C=C\CCCCCCCCC(O)C(=O)NC(COC1OC(CO)C(O)C(O)C1O)C(O)C(O)CCC/C=C/CC/C=C/CC/C=C/CCCCCCCCCCCCCCCCCCCCC. The molecule has 78 heavy (non-hydrogen) atoms. The van der Waals surface area contributed by atoms with E-state index in [2.05, 4.69) is 67.8 Å². The fourth-order valence-electron chi connectivity index (χ4n) is 10.5. The van der Waals surface area contributed by atoms with Gasteiger partial charge in [0.15, 0.2) is 6.29 Å². The number of unbranched alkanes of at least 4 members (excludes halogenated alkanes) is 37. The fraction of sp³-hybridized carbons (Fsp3) is 0.866. The number of hydrogen-bond donors (Lipinski definition) is 8. The predicted molar refractivity (Wildman–Crippen MR) is 325 cm³/mol. The molecule has 0 radical (unpaired) electrons. The van der Waals surface area contributed by atoms with Crippen molar-refractivity contribution < 1.29 is 50.0 Å². The van der Waals surface area contributed by atoms with Gasteiger partial charge < -0.3 is 50.5 Å². The summed E-state index contributed by atoms with van der Waals surface area (Å²) in [5, 5.41) is 76.3. The molecule has 0 spiro atoms. The molecular formula is C67H125NO10. The number of allylic oxidation sites excluding steroid dienone is 8. The molecule has 1 aliphatic rings. The van der Waals surface area contributed by atoms with Gasteiger partial charge in [0.25, 0.3) is 0 Å². The molecular weight excluding hydrogens is 979 g/mol. The number of amides is 1. The van der Waals surface area contributed by atoms with E-state index >= 15 is 0 Å². The molecule has 1 fully saturated rings. The number of carbonyl (C=O) groups excluding carboxylic acids is 1. The van der Waals surface area contributed by atoms with Gasteiger partial charge in [-0.05, 0) is 89.9 Å². The summed E-state index contributed by atoms with van der Waals surface area (Å²) in [6, 6.07) is -1.20. The van der Waals surface area contributed by atoms with Crippen molar-refractivity contribution in [3.8, 4) is 0 Å². The van der Waals surface area contributed by atoms with Crippen molar-refractivity contribution in [1.82, 2.24) is 5.32 Å². The van der Waals surface area contributed by atoms with Crippen LogP contribution >= 0.6 is 0 Å². The minimum absolute atomic E-state index is 0.239. The first-order valence-corrected chi connectivity index (χ1v) is 33.0. The minimum atomic E-state index is -1.68. The van der Waals surface area contributed by atoms with E-state index in [4.69, 9.17) is 9.47 Å². The number of nitrogens with one attached hydrogen (secondary N) is 1. The van der Waals surface area contributed by atoms with Crippen LogP contribution in [-0.2, 0) is 14.3 Å². The zero-order chi connectivity index (χ0) is 56.8. The first kappa shape index (κ1) is 74.1. The Kier molecular flexibility index (Phi) is 52.8. The lowest BCUT2D eigenvalue weighted by Crippen LogP contribution is -2.60. The van der Waals surface area contributed by atoms with E-state index in [1.165, 1.54) is 193 Å². The summed E-state index contributed by atoms with van der Waals surface area (Å²) in [7, 11) is 0. The average molecular weight is 1100 g/mol. The van der Waals surface area contributed by atoms with Crippen LogP contribution in [0.5, 0.6) is 0 Å². The van der Waals surface area contributed by atoms with Crippen LogP contribution in [0.15, 0.2) is 48.6 Å². The van der Waals surface area contributed by atoms with Gasteiger partial charge in [0.2, 0.25) is 5.91 Å². The molecule has 0 aromatic rings. The molecule has 0 aromatic carbocycles. The van der Waals surface area contributed by atoms with Gasteiger partial charge in [-0.3, -0.25) is 4.79 Å². The van der Waals surface area contributed by atoms with E-state index in [-0.39, 0.29) is 12.8 Å². The highest BCUT2D eigenvalue weighted by atomic mass is 16.7. The molecule has 458 valence electrons. The molecule has 11 nitrogen and oxygen atoms in total. The molecule has 8 N–H and O–H groups in total. The van der Waals surface area contributed by atoms with E-state index in [9.17, 15) is 40.5 Å². The number of ether oxygens (including phenoxy) is 2. The number of aliphatic hydroxyl groups excluding tert-OH is 7. The largest absolute Gasteiger partial charge is 0.394 e. The van der Waals surface area contributed by atoms with Crippen LogP contribution in [0.1, 0.15) is 303 Å². The standard InChI is InChI=1S/C67H125NO10/c1-3-5-7-9-11-13-15-17-19-21-23-24-25-26-27-28-29-30-31-32-33-34-35-37-38-40-42-44-46-48-50-52-54-59(70)62(72)58(57-77-67-65(75)64(74)63(73)61(56-69)78-67)68-66(76)60(71)55-53-51-49-47-45-43-41-39-36-22-20-18-16-14-12-10-8-6-4-2/h33-34,36,38-40,46,48,58-65,67,69-75H,3-32,35,37,41-45,47,49-57H2,1-2H3,(H,68,76)/b34-33+,39-36-,40-38+,48-46+. The summed E-state index contributed by atoms with van der Waals surface area (Å²) < 4.78 is 11.1. The Hall–Kier alpha value is -1.93. The molecule has 0 aromatic heterocycles. The summed E-state index contributed by atoms with van der Waals surface area (Å²) in [5.74, 6) is -0.715. The van der Waals surface area contributed by atoms with Crippen LogP contribution in [0, 0.1) is 0 Å². The van der Waals surface area contributed by atoms with Gasteiger partial charge >= 0.3 is 0 Å². The summed E-state index contributed by atoms with van der Waals surface area (Å²) in [5.41, 5.74) is 0. The third-order valence-corrected chi connectivity index (χ3v) is 15.8. The van der Waals surface area contributed by atoms with Crippen LogP contribution in [0.3, 0.4) is 0 Å². The Morgan fingerprint density at radius 2 is 0.769 bits per heavy atom. The third-order valence-electron chi connectivity index (χ3n) is 15.8. The maximum atomic E-state index is 13.2. The van der Waals surface area contributed by atoms with Crippen molar-refractivity contribution in [2.45, 2.75) is 358 Å². The lowest BCUT2D eigenvalue weighted by Gasteiger charge is -2.40. The summed E-state index contributed by atoms with van der Waals surface area (Å²) in [6.07, 6.45) is 60.5. The van der Waals surface area contributed by atoms with Crippen LogP contribution in [0.25, 0.3) is 0 Å². The summed E-state index contributed by atoms with van der Waals surface area (Å²) in [6.45, 7) is 3.46. The van der Waals surface area contributed by atoms with Gasteiger partial charge in [0, 0.05) is 0 Å². The van der Waals surface area contributed by atoms with Gasteiger partial charge in [-0.2, -0.15) is 0 Å². The summed E-state index contributed by atoms with van der Waals surface area (Å²) >= 11 is 0. The molecule has 0 saturated carbocycles. The average Bonchev–Trinajstić information content (AvgIpc) is 3.46. The lowest BCUT2D eigenvalue weighted by molar-refractivity contribution is -0.303. The smallest absolute Gasteiger partial charge is 0.249 e. The topological polar surface area (TPSA) is 189 Å². The zero-order valence-electron chi connectivity index (χ0n) is 50.4. The first-order valence-electron chi connectivity index (χ1n) is 33.0. The van der Waals surface area contributed by atoms with Crippen molar-refractivity contribution in [2.24, 2.45) is 0 Å². The van der Waals surface area contributed by atoms with Gasteiger partial charge in [0.1, 0.15) is 36.6 Å². The Morgan fingerprint density at radius 1 is 0.436 bits per heavy atom. The number of carbonyl (C=O) groups is 1.